The zero-order valence-corrected chi connectivity index (χ0v) is 16.9. The van der Waals surface area contributed by atoms with Gasteiger partial charge in [-0.3, -0.25) is 10.3 Å². The van der Waals surface area contributed by atoms with Gasteiger partial charge in [-0.15, -0.1) is 0 Å². The number of carbonyl (C=O) groups is 1. The number of nitrogens with zero attached hydrogens (tertiary/aromatic N) is 2. The summed E-state index contributed by atoms with van der Waals surface area (Å²) in [7, 11) is 0. The number of aromatic nitrogens is 1. The van der Waals surface area contributed by atoms with Gasteiger partial charge in [0.1, 0.15) is 5.75 Å². The van der Waals surface area contributed by atoms with E-state index in [0.29, 0.717) is 11.4 Å². The molecule has 0 spiro atoms. The Bertz CT molecular complexity index is 1000. The molecule has 2 aromatic carbocycles. The number of ether oxygens (including phenoxy) is 1. The third kappa shape index (κ3) is 4.67. The lowest BCUT2D eigenvalue weighted by molar-refractivity contribution is 0.215. The molecule has 0 fully saturated rings. The lowest BCUT2D eigenvalue weighted by Crippen LogP contribution is -2.30. The number of para-hydroxylation sites is 1. The normalized spacial score (nSPS) is 13.2. The number of pyridine rings is 1. The van der Waals surface area contributed by atoms with Gasteiger partial charge in [-0.1, -0.05) is 38.0 Å². The molecule has 0 atom stereocenters. The largest absolute Gasteiger partial charge is 0.417 e. The second-order valence-electron chi connectivity index (χ2n) is 7.52. The molecule has 0 aliphatic carbocycles. The Morgan fingerprint density at radius 3 is 2.97 bits per heavy atom. The van der Waals surface area contributed by atoms with E-state index in [4.69, 9.17) is 4.74 Å². The Hall–Kier alpha value is -3.08. The Labute approximate surface area is 171 Å². The minimum Gasteiger partial charge on any atom is -0.410 e. The predicted molar refractivity (Wildman–Crippen MR) is 118 cm³/mol. The molecule has 0 saturated heterocycles. The van der Waals surface area contributed by atoms with E-state index in [1.807, 2.05) is 42.5 Å². The minimum atomic E-state index is -0.502. The summed E-state index contributed by atoms with van der Waals surface area (Å²) in [6, 6.07) is 15.7. The molecule has 0 radical (unpaired) electrons. The van der Waals surface area contributed by atoms with Gasteiger partial charge < -0.3 is 9.64 Å². The van der Waals surface area contributed by atoms with Crippen molar-refractivity contribution in [2.45, 2.75) is 39.0 Å². The number of unbranched alkanes of at least 4 members (excludes halogenated alkanes) is 2. The average molecular weight is 389 g/mol. The maximum Gasteiger partial charge on any atom is 0.417 e. The zero-order chi connectivity index (χ0) is 20.1. The number of carbonyl (C=O) groups excluding carboxylic acids is 1. The fourth-order valence-electron chi connectivity index (χ4n) is 3.89. The van der Waals surface area contributed by atoms with E-state index in [9.17, 15) is 4.79 Å². The van der Waals surface area contributed by atoms with Crippen molar-refractivity contribution in [1.82, 2.24) is 4.98 Å². The molecular weight excluding hydrogens is 362 g/mol. The number of hydrogen-bond acceptors (Lipinski definition) is 4. The molecule has 1 amide bonds. The second-order valence-corrected chi connectivity index (χ2v) is 7.52. The van der Waals surface area contributed by atoms with E-state index < -0.39 is 6.09 Å². The van der Waals surface area contributed by atoms with Crippen molar-refractivity contribution in [1.29, 1.82) is 0 Å². The van der Waals surface area contributed by atoms with Crippen LogP contribution >= 0.6 is 0 Å². The van der Waals surface area contributed by atoms with Crippen molar-refractivity contribution >= 4 is 28.4 Å². The van der Waals surface area contributed by atoms with Crippen LogP contribution in [0.25, 0.3) is 10.9 Å². The molecule has 0 bridgehead atoms. The average Bonchev–Trinajstić information content (AvgIpc) is 2.74. The summed E-state index contributed by atoms with van der Waals surface area (Å²) >= 11 is 0. The number of anilines is 2. The molecule has 5 heteroatoms. The van der Waals surface area contributed by atoms with Crippen molar-refractivity contribution < 1.29 is 9.53 Å². The van der Waals surface area contributed by atoms with Gasteiger partial charge in [-0.2, -0.15) is 0 Å². The first kappa shape index (κ1) is 19.2. The molecule has 3 aromatic rings. The summed E-state index contributed by atoms with van der Waals surface area (Å²) in [5, 5.41) is 3.75. The van der Waals surface area contributed by atoms with Crippen LogP contribution in [0.5, 0.6) is 5.75 Å². The predicted octanol–water partition coefficient (Wildman–Crippen LogP) is 5.79. The van der Waals surface area contributed by atoms with Crippen molar-refractivity contribution in [2.75, 3.05) is 23.3 Å². The lowest BCUT2D eigenvalue weighted by atomic mass is 10.0. The van der Waals surface area contributed by atoms with Crippen LogP contribution in [0.1, 0.15) is 38.2 Å². The van der Waals surface area contributed by atoms with E-state index in [0.717, 1.165) is 36.8 Å². The highest BCUT2D eigenvalue weighted by Crippen LogP contribution is 2.31. The van der Waals surface area contributed by atoms with Gasteiger partial charge in [-0.05, 0) is 55.2 Å². The first-order chi connectivity index (χ1) is 14.2. The van der Waals surface area contributed by atoms with E-state index >= 15 is 0 Å². The number of hydrogen-bond donors (Lipinski definition) is 1. The maximum absolute atomic E-state index is 12.4. The molecule has 4 rings (SSSR count). The molecule has 5 nitrogen and oxygen atoms in total. The second kappa shape index (κ2) is 8.95. The third-order valence-electron chi connectivity index (χ3n) is 5.34. The molecule has 150 valence electrons. The summed E-state index contributed by atoms with van der Waals surface area (Å²) in [6.45, 7) is 4.43. The van der Waals surface area contributed by atoms with Gasteiger partial charge in [0.15, 0.2) is 0 Å². The highest BCUT2D eigenvalue weighted by atomic mass is 16.6. The topological polar surface area (TPSA) is 54.5 Å². The highest BCUT2D eigenvalue weighted by Gasteiger charge is 2.18. The first-order valence-corrected chi connectivity index (χ1v) is 10.4. The molecule has 1 aliphatic rings. The molecule has 0 unspecified atom stereocenters. The highest BCUT2D eigenvalue weighted by molar-refractivity contribution is 5.90. The van der Waals surface area contributed by atoms with Crippen molar-refractivity contribution in [3.05, 3.63) is 60.3 Å². The fourth-order valence-corrected chi connectivity index (χ4v) is 3.89. The van der Waals surface area contributed by atoms with Gasteiger partial charge in [0.25, 0.3) is 0 Å². The summed E-state index contributed by atoms with van der Waals surface area (Å²) in [4.78, 5) is 19.2. The van der Waals surface area contributed by atoms with Crippen LogP contribution in [-0.2, 0) is 6.42 Å². The zero-order valence-electron chi connectivity index (χ0n) is 16.9. The van der Waals surface area contributed by atoms with Crippen molar-refractivity contribution in [3.63, 3.8) is 0 Å². The Balaban J connectivity index is 1.41. The molecule has 1 aromatic heterocycles. The number of fused-ring (bicyclic) bond motifs is 2. The summed E-state index contributed by atoms with van der Waals surface area (Å²) in [5.74, 6) is 0.574. The van der Waals surface area contributed by atoms with Crippen molar-refractivity contribution in [3.8, 4) is 5.75 Å². The van der Waals surface area contributed by atoms with E-state index in [-0.39, 0.29) is 0 Å². The minimum absolute atomic E-state index is 0.502. The standard InChI is InChI=1S/C24H27N3O2/c1-2-3-6-13-27-14-7-9-19-16-21(11-12-23(19)27)29-24(28)26-20-15-18-8-4-5-10-22(18)25-17-20/h4-5,8,10-12,15-17H,2-3,6-7,9,13-14H2,1H3,(H,26,28). The number of benzene rings is 2. The van der Waals surface area contributed by atoms with Crippen molar-refractivity contribution in [2.24, 2.45) is 0 Å². The van der Waals surface area contributed by atoms with Crippen LogP contribution in [0.4, 0.5) is 16.2 Å². The molecule has 0 saturated carbocycles. The number of aryl methyl sites for hydroxylation is 1. The molecular formula is C24H27N3O2. The van der Waals surface area contributed by atoms with Crippen LogP contribution in [0.15, 0.2) is 54.7 Å². The van der Waals surface area contributed by atoms with Crippen LogP contribution < -0.4 is 15.0 Å². The summed E-state index contributed by atoms with van der Waals surface area (Å²) in [5.41, 5.74) is 4.04. The third-order valence-corrected chi connectivity index (χ3v) is 5.34. The monoisotopic (exact) mass is 389 g/mol. The molecule has 1 N–H and O–H groups in total. The van der Waals surface area contributed by atoms with Crippen LogP contribution in [0, 0.1) is 0 Å². The van der Waals surface area contributed by atoms with Gasteiger partial charge >= 0.3 is 6.09 Å². The molecule has 2 heterocycles. The maximum atomic E-state index is 12.4. The Morgan fingerprint density at radius 1 is 1.17 bits per heavy atom. The van der Waals surface area contributed by atoms with Crippen LogP contribution in [-0.4, -0.2) is 24.2 Å². The van der Waals surface area contributed by atoms with Gasteiger partial charge in [0, 0.05) is 24.2 Å². The van der Waals surface area contributed by atoms with Crippen LogP contribution in [0.2, 0.25) is 0 Å². The smallest absolute Gasteiger partial charge is 0.410 e. The number of amides is 1. The van der Waals surface area contributed by atoms with Crippen LogP contribution in [0.3, 0.4) is 0 Å². The van der Waals surface area contributed by atoms with E-state index in [1.54, 1.807) is 6.20 Å². The molecule has 29 heavy (non-hydrogen) atoms. The first-order valence-electron chi connectivity index (χ1n) is 10.4. The van der Waals surface area contributed by atoms with E-state index in [1.165, 1.54) is 30.5 Å². The number of nitrogens with one attached hydrogen (secondary N) is 1. The van der Waals surface area contributed by atoms with Gasteiger partial charge in [-0.25, -0.2) is 4.79 Å². The SMILES string of the molecule is CCCCCN1CCCc2cc(OC(=O)Nc3cnc4ccccc4c3)ccc21. The number of rotatable bonds is 6. The van der Waals surface area contributed by atoms with Gasteiger partial charge in [0.05, 0.1) is 17.4 Å². The molecule has 1 aliphatic heterocycles. The fraction of sp³-hybridized carbons (Fsp3) is 0.333. The quantitative estimate of drug-likeness (QED) is 0.542. The Kier molecular flexibility index (Phi) is 5.94. The summed E-state index contributed by atoms with van der Waals surface area (Å²) in [6.07, 6.45) is 7.01. The lowest BCUT2D eigenvalue weighted by Gasteiger charge is -2.31. The van der Waals surface area contributed by atoms with E-state index in [2.05, 4.69) is 28.2 Å². The van der Waals surface area contributed by atoms with Gasteiger partial charge in [0.2, 0.25) is 0 Å². The summed E-state index contributed by atoms with van der Waals surface area (Å²) < 4.78 is 5.53. The Morgan fingerprint density at radius 2 is 2.07 bits per heavy atom.